The molecule has 0 bridgehead atoms. The van der Waals surface area contributed by atoms with E-state index in [4.69, 9.17) is 5.73 Å². The highest BCUT2D eigenvalue weighted by atomic mass is 14.6. The molecule has 0 aliphatic carbocycles. The number of nitrogen functional groups attached to an aromatic ring is 1. The van der Waals surface area contributed by atoms with Crippen LogP contribution in [0.1, 0.15) is 97.8 Å². The highest BCUT2D eigenvalue weighted by Crippen LogP contribution is 2.31. The van der Waals surface area contributed by atoms with Crippen LogP contribution < -0.4 is 5.73 Å². The van der Waals surface area contributed by atoms with Gasteiger partial charge in [0.1, 0.15) is 0 Å². The zero-order valence-corrected chi connectivity index (χ0v) is 19.1. The summed E-state index contributed by atoms with van der Waals surface area (Å²) in [6, 6.07) is 4.40. The summed E-state index contributed by atoms with van der Waals surface area (Å²) in [6.45, 7) is 21.1. The molecule has 1 rings (SSSR count). The Labute approximate surface area is 164 Å². The molecule has 0 saturated carbocycles. The summed E-state index contributed by atoms with van der Waals surface area (Å²) in [7, 11) is 0. The minimum absolute atomic E-state index is 0.408. The maximum atomic E-state index is 6.34. The second-order valence-electron chi connectivity index (χ2n) is 11.2. The van der Waals surface area contributed by atoms with Gasteiger partial charge in [-0.2, -0.15) is 0 Å². The quantitative estimate of drug-likeness (QED) is 0.475. The van der Waals surface area contributed by atoms with Crippen molar-refractivity contribution < 1.29 is 0 Å². The Balaban J connectivity index is 2.73. The van der Waals surface area contributed by atoms with E-state index in [0.717, 1.165) is 23.9 Å². The first-order valence-electron chi connectivity index (χ1n) is 10.7. The first-order chi connectivity index (χ1) is 11.8. The van der Waals surface area contributed by atoms with Crippen molar-refractivity contribution in [1.82, 2.24) is 0 Å². The minimum Gasteiger partial charge on any atom is -0.398 e. The smallest absolute Gasteiger partial charge is 0.0349 e. The predicted octanol–water partition coefficient (Wildman–Crippen LogP) is 7.59. The fourth-order valence-electron chi connectivity index (χ4n) is 4.52. The molecule has 0 amide bonds. The molecule has 2 N–H and O–H groups in total. The van der Waals surface area contributed by atoms with Crippen LogP contribution in [-0.4, -0.2) is 0 Å². The summed E-state index contributed by atoms with van der Waals surface area (Å²) in [5, 5.41) is 0. The Hall–Kier alpha value is -0.980. The molecule has 26 heavy (non-hydrogen) atoms. The average molecular weight is 360 g/mol. The van der Waals surface area contributed by atoms with Gasteiger partial charge in [-0.05, 0) is 90.9 Å². The first-order valence-corrected chi connectivity index (χ1v) is 10.7. The molecule has 0 aromatic heterocycles. The van der Waals surface area contributed by atoms with Gasteiger partial charge in [-0.15, -0.1) is 0 Å². The number of anilines is 1. The molecular formula is C25H45N. The van der Waals surface area contributed by atoms with Crippen LogP contribution in [0.4, 0.5) is 5.69 Å². The molecule has 0 aliphatic rings. The topological polar surface area (TPSA) is 26.0 Å². The highest BCUT2D eigenvalue weighted by Gasteiger charge is 2.18. The number of hydrogen-bond acceptors (Lipinski definition) is 1. The third-order valence-electron chi connectivity index (χ3n) is 5.46. The van der Waals surface area contributed by atoms with Crippen LogP contribution in [0.2, 0.25) is 0 Å². The standard InChI is InChI=1S/C25H45N/c1-18(16-24(4,5)6)10-12-21-13-15-23(26)22(20(21)3)14-11-19(2)17-25(7,8)9/h13,15,18-19H,10-12,14,16-17,26H2,1-9H3. The lowest BCUT2D eigenvalue weighted by atomic mass is 9.81. The van der Waals surface area contributed by atoms with Crippen molar-refractivity contribution >= 4 is 5.69 Å². The number of aryl methyl sites for hydroxylation is 1. The van der Waals surface area contributed by atoms with Crippen molar-refractivity contribution in [3.63, 3.8) is 0 Å². The summed E-state index contributed by atoms with van der Waals surface area (Å²) in [4.78, 5) is 0. The molecule has 1 nitrogen and oxygen atoms in total. The molecule has 2 atom stereocenters. The molecule has 2 unspecified atom stereocenters. The van der Waals surface area contributed by atoms with Crippen LogP contribution in [0.15, 0.2) is 12.1 Å². The highest BCUT2D eigenvalue weighted by molar-refractivity contribution is 5.53. The van der Waals surface area contributed by atoms with Crippen molar-refractivity contribution in [2.24, 2.45) is 22.7 Å². The molecule has 0 radical (unpaired) electrons. The summed E-state index contributed by atoms with van der Waals surface area (Å²) in [5.41, 5.74) is 12.5. The first kappa shape index (κ1) is 23.1. The lowest BCUT2D eigenvalue weighted by Gasteiger charge is -2.24. The number of nitrogens with two attached hydrogens (primary N) is 1. The predicted molar refractivity (Wildman–Crippen MR) is 119 cm³/mol. The largest absolute Gasteiger partial charge is 0.398 e. The number of hydrogen-bond donors (Lipinski definition) is 1. The Bertz CT molecular complexity index is 557. The summed E-state index contributed by atoms with van der Waals surface area (Å²) in [5.74, 6) is 1.51. The van der Waals surface area contributed by atoms with Crippen LogP contribution in [-0.2, 0) is 12.8 Å². The van der Waals surface area contributed by atoms with E-state index in [2.05, 4.69) is 74.4 Å². The van der Waals surface area contributed by atoms with Crippen LogP contribution >= 0.6 is 0 Å². The molecule has 1 heteroatoms. The fraction of sp³-hybridized carbons (Fsp3) is 0.760. The van der Waals surface area contributed by atoms with Gasteiger partial charge in [-0.25, -0.2) is 0 Å². The van der Waals surface area contributed by atoms with Crippen molar-refractivity contribution in [1.29, 1.82) is 0 Å². The van der Waals surface area contributed by atoms with Crippen LogP contribution in [0.5, 0.6) is 0 Å². The fourth-order valence-corrected chi connectivity index (χ4v) is 4.52. The zero-order chi connectivity index (χ0) is 20.1. The average Bonchev–Trinajstić information content (AvgIpc) is 2.42. The Morgan fingerprint density at radius 3 is 1.73 bits per heavy atom. The number of benzene rings is 1. The second kappa shape index (κ2) is 9.29. The zero-order valence-electron chi connectivity index (χ0n) is 19.1. The summed E-state index contributed by atoms with van der Waals surface area (Å²) < 4.78 is 0. The van der Waals surface area contributed by atoms with E-state index in [-0.39, 0.29) is 0 Å². The summed E-state index contributed by atoms with van der Waals surface area (Å²) >= 11 is 0. The van der Waals surface area contributed by atoms with E-state index in [1.165, 1.54) is 48.8 Å². The van der Waals surface area contributed by atoms with E-state index in [0.29, 0.717) is 10.8 Å². The molecule has 0 fully saturated rings. The maximum Gasteiger partial charge on any atom is 0.0349 e. The molecule has 0 heterocycles. The normalized spacial score (nSPS) is 15.1. The molecule has 1 aromatic carbocycles. The Morgan fingerprint density at radius 2 is 1.27 bits per heavy atom. The molecule has 1 aromatic rings. The molecular weight excluding hydrogens is 314 g/mol. The van der Waals surface area contributed by atoms with Gasteiger partial charge in [0, 0.05) is 5.69 Å². The van der Waals surface area contributed by atoms with Crippen LogP contribution in [0.25, 0.3) is 0 Å². The van der Waals surface area contributed by atoms with Gasteiger partial charge >= 0.3 is 0 Å². The molecule has 0 aliphatic heterocycles. The van der Waals surface area contributed by atoms with Gasteiger partial charge in [0.2, 0.25) is 0 Å². The van der Waals surface area contributed by atoms with Crippen molar-refractivity contribution in [3.05, 3.63) is 28.8 Å². The van der Waals surface area contributed by atoms with Gasteiger partial charge in [0.15, 0.2) is 0 Å². The van der Waals surface area contributed by atoms with Gasteiger partial charge in [-0.3, -0.25) is 0 Å². The maximum absolute atomic E-state index is 6.34. The summed E-state index contributed by atoms with van der Waals surface area (Å²) in [6.07, 6.45) is 7.34. The van der Waals surface area contributed by atoms with Crippen molar-refractivity contribution in [3.8, 4) is 0 Å². The van der Waals surface area contributed by atoms with E-state index in [1.807, 2.05) is 0 Å². The molecule has 0 saturated heterocycles. The van der Waals surface area contributed by atoms with E-state index >= 15 is 0 Å². The van der Waals surface area contributed by atoms with Crippen LogP contribution in [0.3, 0.4) is 0 Å². The third kappa shape index (κ3) is 8.60. The Kier molecular flexibility index (Phi) is 8.24. The second-order valence-corrected chi connectivity index (χ2v) is 11.2. The van der Waals surface area contributed by atoms with Gasteiger partial charge in [0.05, 0.1) is 0 Å². The van der Waals surface area contributed by atoms with Crippen molar-refractivity contribution in [2.45, 2.75) is 101 Å². The lowest BCUT2D eigenvalue weighted by molar-refractivity contribution is 0.296. The van der Waals surface area contributed by atoms with E-state index in [1.54, 1.807) is 0 Å². The van der Waals surface area contributed by atoms with Crippen LogP contribution in [0, 0.1) is 29.6 Å². The van der Waals surface area contributed by atoms with Gasteiger partial charge in [-0.1, -0.05) is 61.5 Å². The monoisotopic (exact) mass is 359 g/mol. The van der Waals surface area contributed by atoms with Crippen molar-refractivity contribution in [2.75, 3.05) is 5.73 Å². The minimum atomic E-state index is 0.408. The van der Waals surface area contributed by atoms with Gasteiger partial charge in [0.25, 0.3) is 0 Å². The SMILES string of the molecule is Cc1c(CCC(C)CC(C)(C)C)ccc(N)c1CCC(C)CC(C)(C)C. The third-order valence-corrected chi connectivity index (χ3v) is 5.46. The molecule has 0 spiro atoms. The van der Waals surface area contributed by atoms with Gasteiger partial charge < -0.3 is 5.73 Å². The number of rotatable bonds is 8. The van der Waals surface area contributed by atoms with E-state index in [9.17, 15) is 0 Å². The van der Waals surface area contributed by atoms with E-state index < -0.39 is 0 Å². The Morgan fingerprint density at radius 1 is 0.808 bits per heavy atom. The molecule has 150 valence electrons. The lowest BCUT2D eigenvalue weighted by Crippen LogP contribution is -2.13.